The number of esters is 1. The zero-order chi connectivity index (χ0) is 18.6. The van der Waals surface area contributed by atoms with Gasteiger partial charge in [0.15, 0.2) is 11.5 Å². The molecule has 25 heavy (non-hydrogen) atoms. The molecule has 0 saturated heterocycles. The van der Waals surface area contributed by atoms with Gasteiger partial charge in [-0.05, 0) is 53.5 Å². The molecule has 0 amide bonds. The van der Waals surface area contributed by atoms with E-state index in [1.54, 1.807) is 31.2 Å². The highest BCUT2D eigenvalue weighted by molar-refractivity contribution is 9.10. The number of benzene rings is 1. The molecule has 5 nitrogen and oxygen atoms in total. The first-order chi connectivity index (χ1) is 11.8. The Kier molecular flexibility index (Phi) is 6.56. The van der Waals surface area contributed by atoms with Crippen molar-refractivity contribution in [1.82, 2.24) is 4.98 Å². The Morgan fingerprint density at radius 3 is 2.64 bits per heavy atom. The zero-order valence-electron chi connectivity index (χ0n) is 13.8. The van der Waals surface area contributed by atoms with Crippen molar-refractivity contribution in [2.24, 2.45) is 0 Å². The van der Waals surface area contributed by atoms with Crippen LogP contribution in [0, 0.1) is 6.92 Å². The summed E-state index contributed by atoms with van der Waals surface area (Å²) in [6.45, 7) is 3.83. The van der Waals surface area contributed by atoms with E-state index in [9.17, 15) is 14.7 Å². The maximum Gasteiger partial charge on any atom is 0.306 e. The third-order valence-corrected chi connectivity index (χ3v) is 4.38. The van der Waals surface area contributed by atoms with Crippen molar-refractivity contribution in [1.29, 1.82) is 0 Å². The molecule has 2 rings (SSSR count). The molecule has 0 radical (unpaired) electrons. The first-order valence-electron chi connectivity index (χ1n) is 7.68. The van der Waals surface area contributed by atoms with Crippen molar-refractivity contribution < 1.29 is 19.4 Å². The third-order valence-electron chi connectivity index (χ3n) is 3.54. The van der Waals surface area contributed by atoms with Crippen LogP contribution in [0.5, 0.6) is 5.75 Å². The number of hydrogen-bond donors (Lipinski definition) is 1. The number of hydrogen-bond acceptors (Lipinski definition) is 5. The van der Waals surface area contributed by atoms with Crippen LogP contribution in [0.15, 0.2) is 28.7 Å². The smallest absolute Gasteiger partial charge is 0.306 e. The molecule has 0 bridgehead atoms. The van der Waals surface area contributed by atoms with Gasteiger partial charge < -0.3 is 9.84 Å². The topological polar surface area (TPSA) is 76.5 Å². The van der Waals surface area contributed by atoms with Crippen LogP contribution in [0.4, 0.5) is 0 Å². The van der Waals surface area contributed by atoms with Crippen LogP contribution in [0.1, 0.15) is 35.8 Å². The maximum atomic E-state index is 12.4. The van der Waals surface area contributed by atoms with Gasteiger partial charge >= 0.3 is 5.97 Å². The molecule has 0 aliphatic carbocycles. The summed E-state index contributed by atoms with van der Waals surface area (Å²) >= 11 is 9.22. The summed E-state index contributed by atoms with van der Waals surface area (Å²) in [5.41, 5.74) is 2.13. The molecule has 1 N–H and O–H groups in total. The average Bonchev–Trinajstić information content (AvgIpc) is 2.55. The number of pyridine rings is 1. The Morgan fingerprint density at radius 1 is 1.28 bits per heavy atom. The largest absolute Gasteiger partial charge is 0.504 e. The average molecular weight is 427 g/mol. The van der Waals surface area contributed by atoms with E-state index in [0.717, 1.165) is 11.1 Å². The SMILES string of the molecule is CCOC(=O)CCC(=O)c1nc(-c2ccc(Cl)cc2C)cc(Br)c1O. The Morgan fingerprint density at radius 2 is 2.00 bits per heavy atom. The lowest BCUT2D eigenvalue weighted by atomic mass is 10.0. The van der Waals surface area contributed by atoms with Crippen molar-refractivity contribution >= 4 is 39.3 Å². The zero-order valence-corrected chi connectivity index (χ0v) is 16.1. The third kappa shape index (κ3) is 4.80. The summed E-state index contributed by atoms with van der Waals surface area (Å²) in [5, 5.41) is 10.8. The molecular formula is C18H17BrClNO4. The van der Waals surface area contributed by atoms with E-state index in [4.69, 9.17) is 16.3 Å². The fraction of sp³-hybridized carbons (Fsp3) is 0.278. The lowest BCUT2D eigenvalue weighted by Crippen LogP contribution is -2.10. The van der Waals surface area contributed by atoms with Gasteiger partial charge in [0.25, 0.3) is 0 Å². The van der Waals surface area contributed by atoms with E-state index in [-0.39, 0.29) is 30.9 Å². The molecule has 0 aliphatic rings. The summed E-state index contributed by atoms with van der Waals surface area (Å²) in [7, 11) is 0. The van der Waals surface area contributed by atoms with Gasteiger partial charge in [0.05, 0.1) is 23.2 Å². The van der Waals surface area contributed by atoms with Crippen molar-refractivity contribution in [3.63, 3.8) is 0 Å². The molecule has 0 unspecified atom stereocenters. The number of halogens is 2. The number of Topliss-reactive ketones (excluding diaryl/α,β-unsaturated/α-hetero) is 1. The molecule has 0 atom stereocenters. The Hall–Kier alpha value is -1.92. The second kappa shape index (κ2) is 8.45. The minimum Gasteiger partial charge on any atom is -0.504 e. The standard InChI is InChI=1S/C18H17BrClNO4/c1-3-25-16(23)7-6-15(22)17-18(24)13(19)9-14(21-17)12-5-4-11(20)8-10(12)2/h4-5,8-9,24H,3,6-7H2,1-2H3. The van der Waals surface area contributed by atoms with Gasteiger partial charge in [-0.15, -0.1) is 0 Å². The highest BCUT2D eigenvalue weighted by Crippen LogP contribution is 2.33. The van der Waals surface area contributed by atoms with E-state index in [2.05, 4.69) is 20.9 Å². The van der Waals surface area contributed by atoms with Gasteiger partial charge in [0.2, 0.25) is 0 Å². The van der Waals surface area contributed by atoms with Crippen molar-refractivity contribution in [2.75, 3.05) is 6.61 Å². The predicted octanol–water partition coefficient (Wildman–Crippen LogP) is 4.70. The molecule has 0 fully saturated rings. The summed E-state index contributed by atoms with van der Waals surface area (Å²) < 4.78 is 5.16. The van der Waals surface area contributed by atoms with Gasteiger partial charge in [0, 0.05) is 17.0 Å². The molecule has 0 spiro atoms. The molecule has 1 aromatic heterocycles. The summed E-state index contributed by atoms with van der Waals surface area (Å²) in [6.07, 6.45) is -0.148. The molecule has 0 aliphatic heterocycles. The number of rotatable bonds is 6. The Bertz CT molecular complexity index is 823. The van der Waals surface area contributed by atoms with Crippen LogP contribution in [-0.4, -0.2) is 28.4 Å². The van der Waals surface area contributed by atoms with E-state index in [1.165, 1.54) is 0 Å². The normalized spacial score (nSPS) is 10.6. The molecular weight excluding hydrogens is 410 g/mol. The molecule has 7 heteroatoms. The minimum absolute atomic E-state index is 0.0599. The van der Waals surface area contributed by atoms with Gasteiger partial charge in [0.1, 0.15) is 5.69 Å². The highest BCUT2D eigenvalue weighted by Gasteiger charge is 2.19. The van der Waals surface area contributed by atoms with Crippen molar-refractivity contribution in [3.8, 4) is 17.0 Å². The highest BCUT2D eigenvalue weighted by atomic mass is 79.9. The number of ether oxygens (including phenoxy) is 1. The molecule has 1 heterocycles. The summed E-state index contributed by atoms with van der Waals surface area (Å²) in [6, 6.07) is 6.96. The van der Waals surface area contributed by atoms with Crippen LogP contribution >= 0.6 is 27.5 Å². The van der Waals surface area contributed by atoms with Gasteiger partial charge in [-0.3, -0.25) is 9.59 Å². The van der Waals surface area contributed by atoms with Gasteiger partial charge in [-0.25, -0.2) is 4.98 Å². The molecule has 2 aromatic rings. The quantitative estimate of drug-likeness (QED) is 0.535. The van der Waals surface area contributed by atoms with Crippen LogP contribution in [0.25, 0.3) is 11.3 Å². The number of nitrogens with zero attached hydrogens (tertiary/aromatic N) is 1. The fourth-order valence-electron chi connectivity index (χ4n) is 2.32. The second-order valence-corrected chi connectivity index (χ2v) is 6.66. The van der Waals surface area contributed by atoms with Crippen molar-refractivity contribution in [2.45, 2.75) is 26.7 Å². The number of aryl methyl sites for hydroxylation is 1. The van der Waals surface area contributed by atoms with E-state index >= 15 is 0 Å². The van der Waals surface area contributed by atoms with Crippen LogP contribution in [0.2, 0.25) is 5.02 Å². The Labute approximate surface area is 159 Å². The number of aromatic nitrogens is 1. The maximum absolute atomic E-state index is 12.4. The lowest BCUT2D eigenvalue weighted by Gasteiger charge is -2.11. The summed E-state index contributed by atoms with van der Waals surface area (Å²) in [5.74, 6) is -1.14. The number of carbonyl (C=O) groups excluding carboxylic acids is 2. The van der Waals surface area contributed by atoms with Crippen LogP contribution < -0.4 is 0 Å². The molecule has 132 valence electrons. The molecule has 1 aromatic carbocycles. The minimum atomic E-state index is -0.459. The van der Waals surface area contributed by atoms with Gasteiger partial charge in [-0.2, -0.15) is 0 Å². The lowest BCUT2D eigenvalue weighted by molar-refractivity contribution is -0.143. The predicted molar refractivity (Wildman–Crippen MR) is 99.0 cm³/mol. The number of carbonyl (C=O) groups is 2. The molecule has 0 saturated carbocycles. The second-order valence-electron chi connectivity index (χ2n) is 5.37. The van der Waals surface area contributed by atoms with Crippen LogP contribution in [0.3, 0.4) is 0 Å². The fourth-order valence-corrected chi connectivity index (χ4v) is 2.95. The van der Waals surface area contributed by atoms with E-state index in [0.29, 0.717) is 15.2 Å². The van der Waals surface area contributed by atoms with Crippen molar-refractivity contribution in [3.05, 3.63) is 45.0 Å². The monoisotopic (exact) mass is 425 g/mol. The van der Waals surface area contributed by atoms with E-state index < -0.39 is 11.8 Å². The Balaban J connectivity index is 2.34. The van der Waals surface area contributed by atoms with Gasteiger partial charge in [-0.1, -0.05) is 17.7 Å². The number of ketones is 1. The first-order valence-corrected chi connectivity index (χ1v) is 8.85. The summed E-state index contributed by atoms with van der Waals surface area (Å²) in [4.78, 5) is 28.1. The number of aromatic hydroxyl groups is 1. The first kappa shape index (κ1) is 19.4. The van der Waals surface area contributed by atoms with Crippen LogP contribution in [-0.2, 0) is 9.53 Å². The van der Waals surface area contributed by atoms with E-state index in [1.807, 2.05) is 6.92 Å².